The van der Waals surface area contributed by atoms with Crippen molar-refractivity contribution in [2.75, 3.05) is 7.05 Å². The smallest absolute Gasteiger partial charge is 0.406 e. The normalized spacial score (nSPS) is 11.6. The lowest BCUT2D eigenvalue weighted by Gasteiger charge is -2.17. The van der Waals surface area contributed by atoms with E-state index in [0.29, 0.717) is 11.2 Å². The Morgan fingerprint density at radius 2 is 2.00 bits per heavy atom. The minimum Gasteiger partial charge on any atom is -0.406 e. The highest BCUT2D eigenvalue weighted by Gasteiger charge is 2.31. The Kier molecular flexibility index (Phi) is 5.36. The highest BCUT2D eigenvalue weighted by Crippen LogP contribution is 2.26. The first-order valence-corrected chi connectivity index (χ1v) is 9.71. The lowest BCUT2D eigenvalue weighted by Crippen LogP contribution is -2.26. The van der Waals surface area contributed by atoms with Crippen LogP contribution in [0.15, 0.2) is 54.9 Å². The van der Waals surface area contributed by atoms with E-state index in [4.69, 9.17) is 0 Å². The number of para-hydroxylation sites is 1. The van der Waals surface area contributed by atoms with Gasteiger partial charge in [-0.25, -0.2) is 14.1 Å². The second-order valence-electron chi connectivity index (χ2n) is 6.64. The lowest BCUT2D eigenvalue weighted by atomic mass is 10.2. The third-order valence-electron chi connectivity index (χ3n) is 4.24. The molecular formula is C20H14F4N4O2S. The van der Waals surface area contributed by atoms with Gasteiger partial charge in [0.2, 0.25) is 5.13 Å². The van der Waals surface area contributed by atoms with Crippen LogP contribution in [0.3, 0.4) is 0 Å². The van der Waals surface area contributed by atoms with Crippen LogP contribution in [0.25, 0.3) is 15.3 Å². The monoisotopic (exact) mass is 450 g/mol. The molecule has 4 aromatic rings. The zero-order valence-corrected chi connectivity index (χ0v) is 16.7. The van der Waals surface area contributed by atoms with Crippen molar-refractivity contribution in [1.82, 2.24) is 19.7 Å². The van der Waals surface area contributed by atoms with Crippen LogP contribution in [0.1, 0.15) is 15.9 Å². The molecule has 11 heteroatoms. The van der Waals surface area contributed by atoms with E-state index in [0.717, 1.165) is 22.3 Å². The number of nitrogens with zero attached hydrogens (tertiary/aromatic N) is 4. The van der Waals surface area contributed by atoms with Gasteiger partial charge in [-0.3, -0.25) is 4.79 Å². The van der Waals surface area contributed by atoms with Gasteiger partial charge in [-0.2, -0.15) is 5.10 Å². The minimum atomic E-state index is -4.94. The predicted octanol–water partition coefficient (Wildman–Crippen LogP) is 4.79. The van der Waals surface area contributed by atoms with Crippen LogP contribution in [0.5, 0.6) is 5.75 Å². The van der Waals surface area contributed by atoms with E-state index in [1.54, 1.807) is 0 Å². The SMILES string of the molecule is CN(Cc1cc(F)cc(OC(F)(F)F)c1)C(=O)c1cnn(-c2nc3ccccc3s2)c1. The Morgan fingerprint density at radius 1 is 1.23 bits per heavy atom. The summed E-state index contributed by atoms with van der Waals surface area (Å²) in [5.41, 5.74) is 1.21. The Bertz CT molecular complexity index is 1220. The van der Waals surface area contributed by atoms with Crippen LogP contribution in [-0.4, -0.2) is 39.0 Å². The van der Waals surface area contributed by atoms with Gasteiger partial charge in [0.25, 0.3) is 5.91 Å². The molecule has 0 radical (unpaired) electrons. The lowest BCUT2D eigenvalue weighted by molar-refractivity contribution is -0.274. The number of hydrogen-bond acceptors (Lipinski definition) is 5. The molecule has 2 aromatic heterocycles. The summed E-state index contributed by atoms with van der Waals surface area (Å²) >= 11 is 1.41. The first-order chi connectivity index (χ1) is 14.7. The maximum atomic E-state index is 13.7. The predicted molar refractivity (Wildman–Crippen MR) is 106 cm³/mol. The fourth-order valence-electron chi connectivity index (χ4n) is 2.97. The molecule has 4 rings (SSSR count). The van der Waals surface area contributed by atoms with Crippen LogP contribution in [0, 0.1) is 5.82 Å². The first-order valence-electron chi connectivity index (χ1n) is 8.89. The fraction of sp³-hybridized carbons (Fsp3) is 0.150. The molecule has 2 heterocycles. The molecule has 0 bridgehead atoms. The Hall–Kier alpha value is -3.47. The number of aromatic nitrogens is 3. The van der Waals surface area contributed by atoms with Crippen molar-refractivity contribution in [2.45, 2.75) is 12.9 Å². The third kappa shape index (κ3) is 4.82. The van der Waals surface area contributed by atoms with Crippen molar-refractivity contribution >= 4 is 27.5 Å². The maximum Gasteiger partial charge on any atom is 0.573 e. The summed E-state index contributed by atoms with van der Waals surface area (Å²) in [4.78, 5) is 18.4. The Morgan fingerprint density at radius 3 is 2.74 bits per heavy atom. The third-order valence-corrected chi connectivity index (χ3v) is 5.27. The molecule has 0 aliphatic carbocycles. The standard InChI is InChI=1S/C20H14F4N4O2S/c1-27(10-12-6-14(21)8-15(7-12)30-20(22,23)24)18(29)13-9-25-28(11-13)19-26-16-4-2-3-5-17(16)31-19/h2-9,11H,10H2,1H3. The number of hydrogen-bond donors (Lipinski definition) is 0. The van der Waals surface area contributed by atoms with E-state index in [-0.39, 0.29) is 17.7 Å². The molecule has 0 unspecified atom stereocenters. The number of carbonyl (C=O) groups excluding carboxylic acids is 1. The van der Waals surface area contributed by atoms with Crippen molar-refractivity contribution in [2.24, 2.45) is 0 Å². The van der Waals surface area contributed by atoms with Gasteiger partial charge in [-0.15, -0.1) is 13.2 Å². The number of benzene rings is 2. The molecule has 1 amide bonds. The molecule has 31 heavy (non-hydrogen) atoms. The van der Waals surface area contributed by atoms with Crippen LogP contribution in [0.2, 0.25) is 0 Å². The first kappa shape index (κ1) is 20.8. The number of halogens is 4. The second kappa shape index (κ2) is 7.99. The summed E-state index contributed by atoms with van der Waals surface area (Å²) in [6.07, 6.45) is -2.06. The number of ether oxygens (including phenoxy) is 1. The zero-order valence-electron chi connectivity index (χ0n) is 15.9. The van der Waals surface area contributed by atoms with Crippen LogP contribution >= 0.6 is 11.3 Å². The molecule has 0 N–H and O–H groups in total. The summed E-state index contributed by atoms with van der Waals surface area (Å²) < 4.78 is 57.1. The van der Waals surface area contributed by atoms with Crippen LogP contribution in [0.4, 0.5) is 17.6 Å². The van der Waals surface area contributed by atoms with Gasteiger partial charge >= 0.3 is 6.36 Å². The van der Waals surface area contributed by atoms with Crippen molar-refractivity contribution in [3.8, 4) is 10.9 Å². The maximum absolute atomic E-state index is 13.7. The fourth-order valence-corrected chi connectivity index (χ4v) is 3.87. The van der Waals surface area contributed by atoms with Crippen molar-refractivity contribution in [3.63, 3.8) is 0 Å². The molecule has 0 atom stereocenters. The molecular weight excluding hydrogens is 436 g/mol. The molecule has 0 aliphatic rings. The average molecular weight is 450 g/mol. The Labute approximate surface area is 177 Å². The van der Waals surface area contributed by atoms with Gasteiger partial charge in [-0.05, 0) is 29.8 Å². The molecule has 0 aliphatic heterocycles. The summed E-state index contributed by atoms with van der Waals surface area (Å²) in [5, 5.41) is 4.76. The molecule has 160 valence electrons. The van der Waals surface area contributed by atoms with E-state index in [1.807, 2.05) is 24.3 Å². The number of amides is 1. The quantitative estimate of drug-likeness (QED) is 0.410. The number of fused-ring (bicyclic) bond motifs is 1. The Balaban J connectivity index is 1.50. The summed E-state index contributed by atoms with van der Waals surface area (Å²) in [6.45, 7) is -0.128. The minimum absolute atomic E-state index is 0.128. The van der Waals surface area contributed by atoms with Crippen LogP contribution < -0.4 is 4.74 Å². The molecule has 0 saturated heterocycles. The molecule has 6 nitrogen and oxygen atoms in total. The highest BCUT2D eigenvalue weighted by molar-refractivity contribution is 7.20. The van der Waals surface area contributed by atoms with Gasteiger partial charge in [0.05, 0.1) is 22.0 Å². The highest BCUT2D eigenvalue weighted by atomic mass is 32.1. The van der Waals surface area contributed by atoms with Gasteiger partial charge in [-0.1, -0.05) is 23.5 Å². The van der Waals surface area contributed by atoms with Crippen molar-refractivity contribution in [1.29, 1.82) is 0 Å². The second-order valence-corrected chi connectivity index (χ2v) is 7.65. The van der Waals surface area contributed by atoms with E-state index < -0.39 is 23.8 Å². The number of alkyl halides is 3. The summed E-state index contributed by atoms with van der Waals surface area (Å²) in [6, 6.07) is 10.3. The zero-order chi connectivity index (χ0) is 22.2. The number of thiazole rings is 1. The average Bonchev–Trinajstić information content (AvgIpc) is 3.32. The number of rotatable bonds is 5. The summed E-state index contributed by atoms with van der Waals surface area (Å²) in [7, 11) is 1.45. The summed E-state index contributed by atoms with van der Waals surface area (Å²) in [5.74, 6) is -2.02. The largest absolute Gasteiger partial charge is 0.573 e. The molecule has 0 spiro atoms. The number of carbonyl (C=O) groups is 1. The molecule has 0 fully saturated rings. The molecule has 2 aromatic carbocycles. The van der Waals surface area contributed by atoms with E-state index >= 15 is 0 Å². The van der Waals surface area contributed by atoms with E-state index in [9.17, 15) is 22.4 Å². The van der Waals surface area contributed by atoms with Gasteiger partial charge in [0.15, 0.2) is 0 Å². The topological polar surface area (TPSA) is 60.2 Å². The van der Waals surface area contributed by atoms with Gasteiger partial charge in [0, 0.05) is 25.9 Å². The van der Waals surface area contributed by atoms with Crippen molar-refractivity contribution in [3.05, 3.63) is 71.8 Å². The van der Waals surface area contributed by atoms with Gasteiger partial charge in [0.1, 0.15) is 11.6 Å². The molecule has 0 saturated carbocycles. The van der Waals surface area contributed by atoms with Gasteiger partial charge < -0.3 is 9.64 Å². The van der Waals surface area contributed by atoms with E-state index in [2.05, 4.69) is 14.8 Å². The van der Waals surface area contributed by atoms with Crippen LogP contribution in [-0.2, 0) is 6.54 Å². The van der Waals surface area contributed by atoms with E-state index in [1.165, 1.54) is 40.4 Å². The van der Waals surface area contributed by atoms with Crippen molar-refractivity contribution < 1.29 is 27.1 Å².